The minimum Gasteiger partial charge on any atom is -0.389 e. The van der Waals surface area contributed by atoms with Crippen molar-refractivity contribution in [2.75, 3.05) is 7.11 Å². The van der Waals surface area contributed by atoms with Crippen LogP contribution in [0.3, 0.4) is 0 Å². The molecule has 0 amide bonds. The van der Waals surface area contributed by atoms with Crippen molar-refractivity contribution in [2.45, 2.75) is 44.3 Å². The third kappa shape index (κ3) is 1.77. The Bertz CT molecular complexity index is 160. The number of rotatable bonds is 1. The summed E-state index contributed by atoms with van der Waals surface area (Å²) in [6, 6.07) is 0. The number of hydrogen-bond acceptors (Lipinski definition) is 4. The molecular formula is C8H17NO3. The maximum absolute atomic E-state index is 9.61. The number of aliphatic hydroxyl groups is 1. The quantitative estimate of drug-likeness (QED) is 0.581. The van der Waals surface area contributed by atoms with Crippen LogP contribution in [0.4, 0.5) is 0 Å². The van der Waals surface area contributed by atoms with E-state index in [-0.39, 0.29) is 12.4 Å². The van der Waals surface area contributed by atoms with E-state index < -0.39 is 11.6 Å². The number of nitrogens with two attached hydrogens (primary N) is 1. The summed E-state index contributed by atoms with van der Waals surface area (Å²) < 4.78 is 10.4. The zero-order valence-corrected chi connectivity index (χ0v) is 7.78. The van der Waals surface area contributed by atoms with Gasteiger partial charge in [0.05, 0.1) is 12.2 Å². The fraction of sp³-hybridized carbons (Fsp3) is 1.00. The van der Waals surface area contributed by atoms with Crippen molar-refractivity contribution >= 4 is 0 Å². The smallest absolute Gasteiger partial charge is 0.159 e. The Morgan fingerprint density at radius 3 is 2.67 bits per heavy atom. The number of hydrogen-bond donors (Lipinski definition) is 2. The average Bonchev–Trinajstić information content (AvgIpc) is 1.99. The summed E-state index contributed by atoms with van der Waals surface area (Å²) in [5.74, 6) is 0. The Morgan fingerprint density at radius 1 is 1.67 bits per heavy atom. The van der Waals surface area contributed by atoms with Crippen LogP contribution in [0.5, 0.6) is 0 Å². The summed E-state index contributed by atoms with van der Waals surface area (Å²) in [6.45, 7) is 3.60. The van der Waals surface area contributed by atoms with Crippen molar-refractivity contribution in [1.29, 1.82) is 0 Å². The highest BCUT2D eigenvalue weighted by Gasteiger charge is 2.41. The summed E-state index contributed by atoms with van der Waals surface area (Å²) >= 11 is 0. The zero-order valence-electron chi connectivity index (χ0n) is 7.78. The van der Waals surface area contributed by atoms with Crippen LogP contribution in [0.15, 0.2) is 0 Å². The van der Waals surface area contributed by atoms with Gasteiger partial charge in [0.25, 0.3) is 0 Å². The van der Waals surface area contributed by atoms with Gasteiger partial charge in [-0.05, 0) is 13.8 Å². The van der Waals surface area contributed by atoms with Gasteiger partial charge in [0.2, 0.25) is 0 Å². The van der Waals surface area contributed by atoms with Crippen LogP contribution < -0.4 is 5.73 Å². The lowest BCUT2D eigenvalue weighted by Gasteiger charge is -2.42. The first kappa shape index (κ1) is 9.92. The largest absolute Gasteiger partial charge is 0.389 e. The molecule has 0 saturated carbocycles. The minimum absolute atomic E-state index is 0.265. The third-order valence-electron chi connectivity index (χ3n) is 2.36. The second kappa shape index (κ2) is 3.30. The van der Waals surface area contributed by atoms with Gasteiger partial charge in [0, 0.05) is 19.1 Å². The standard InChI is InChI=1S/C8H17NO3/c1-5-7(10)8(2,9)4-6(11-3)12-5/h5-7,10H,4,9H2,1-3H3/t5-,6+,7+,8-/m1/s1. The zero-order chi connectivity index (χ0) is 9.35. The van der Waals surface area contributed by atoms with E-state index in [1.807, 2.05) is 6.92 Å². The summed E-state index contributed by atoms with van der Waals surface area (Å²) in [7, 11) is 1.57. The van der Waals surface area contributed by atoms with Crippen molar-refractivity contribution in [3.63, 3.8) is 0 Å². The Kier molecular flexibility index (Phi) is 2.73. The molecule has 0 aromatic heterocycles. The van der Waals surface area contributed by atoms with Crippen LogP contribution in [0, 0.1) is 0 Å². The summed E-state index contributed by atoms with van der Waals surface area (Å²) in [5, 5.41) is 9.61. The maximum atomic E-state index is 9.61. The van der Waals surface area contributed by atoms with Gasteiger partial charge >= 0.3 is 0 Å². The molecule has 0 spiro atoms. The Labute approximate surface area is 72.6 Å². The van der Waals surface area contributed by atoms with E-state index in [9.17, 15) is 5.11 Å². The highest BCUT2D eigenvalue weighted by molar-refractivity contribution is 4.94. The molecule has 12 heavy (non-hydrogen) atoms. The van der Waals surface area contributed by atoms with E-state index >= 15 is 0 Å². The van der Waals surface area contributed by atoms with Crippen LogP contribution in [0.2, 0.25) is 0 Å². The second-order valence-electron chi connectivity index (χ2n) is 3.66. The summed E-state index contributed by atoms with van der Waals surface area (Å²) in [6.07, 6.45) is -0.657. The predicted molar refractivity (Wildman–Crippen MR) is 44.6 cm³/mol. The molecule has 0 unspecified atom stereocenters. The lowest BCUT2D eigenvalue weighted by Crippen LogP contribution is -2.60. The first-order valence-electron chi connectivity index (χ1n) is 4.12. The van der Waals surface area contributed by atoms with Crippen molar-refractivity contribution in [3.8, 4) is 0 Å². The molecule has 0 radical (unpaired) electrons. The van der Waals surface area contributed by atoms with Crippen LogP contribution in [-0.2, 0) is 9.47 Å². The molecule has 1 heterocycles. The molecule has 1 aliphatic heterocycles. The Balaban J connectivity index is 2.65. The van der Waals surface area contributed by atoms with Crippen molar-refractivity contribution in [3.05, 3.63) is 0 Å². The molecule has 0 aromatic carbocycles. The van der Waals surface area contributed by atoms with Crippen LogP contribution >= 0.6 is 0 Å². The third-order valence-corrected chi connectivity index (χ3v) is 2.36. The molecule has 1 saturated heterocycles. The molecule has 72 valence electrons. The molecule has 4 heteroatoms. The molecule has 0 aromatic rings. The second-order valence-corrected chi connectivity index (χ2v) is 3.66. The van der Waals surface area contributed by atoms with Gasteiger partial charge in [0.15, 0.2) is 6.29 Å². The fourth-order valence-corrected chi connectivity index (χ4v) is 1.52. The van der Waals surface area contributed by atoms with Gasteiger partial charge < -0.3 is 20.3 Å². The molecule has 4 atom stereocenters. The first-order chi connectivity index (χ1) is 5.47. The lowest BCUT2D eigenvalue weighted by molar-refractivity contribution is -0.226. The van der Waals surface area contributed by atoms with Gasteiger partial charge in [-0.2, -0.15) is 0 Å². The number of aliphatic hydroxyl groups excluding tert-OH is 1. The average molecular weight is 175 g/mol. The van der Waals surface area contributed by atoms with Crippen LogP contribution in [0.25, 0.3) is 0 Å². The van der Waals surface area contributed by atoms with E-state index in [0.717, 1.165) is 0 Å². The van der Waals surface area contributed by atoms with E-state index in [1.165, 1.54) is 0 Å². The predicted octanol–water partition coefficient (Wildman–Crippen LogP) is -0.154. The van der Waals surface area contributed by atoms with Crippen molar-refractivity contribution in [1.82, 2.24) is 0 Å². The van der Waals surface area contributed by atoms with Crippen molar-refractivity contribution < 1.29 is 14.6 Å². The van der Waals surface area contributed by atoms with Gasteiger partial charge in [-0.15, -0.1) is 0 Å². The molecule has 0 bridgehead atoms. The number of ether oxygens (including phenoxy) is 2. The van der Waals surface area contributed by atoms with Gasteiger partial charge in [0.1, 0.15) is 0 Å². The van der Waals surface area contributed by atoms with Gasteiger partial charge in [-0.1, -0.05) is 0 Å². The first-order valence-corrected chi connectivity index (χ1v) is 4.12. The highest BCUT2D eigenvalue weighted by Crippen LogP contribution is 2.26. The van der Waals surface area contributed by atoms with E-state index in [1.54, 1.807) is 14.0 Å². The molecule has 1 aliphatic rings. The lowest BCUT2D eigenvalue weighted by atomic mass is 9.86. The van der Waals surface area contributed by atoms with E-state index in [0.29, 0.717) is 6.42 Å². The van der Waals surface area contributed by atoms with Crippen LogP contribution in [-0.4, -0.2) is 36.3 Å². The van der Waals surface area contributed by atoms with E-state index in [4.69, 9.17) is 15.2 Å². The Hall–Kier alpha value is -0.160. The molecule has 0 aliphatic carbocycles. The summed E-state index contributed by atoms with van der Waals surface area (Å²) in [5.41, 5.74) is 5.25. The highest BCUT2D eigenvalue weighted by atomic mass is 16.7. The SMILES string of the molecule is CO[C@@H]1C[C@@](C)(N)[C@@H](O)[C@@H](C)O1. The van der Waals surface area contributed by atoms with E-state index in [2.05, 4.69) is 0 Å². The molecule has 1 rings (SSSR count). The Morgan fingerprint density at radius 2 is 2.25 bits per heavy atom. The maximum Gasteiger partial charge on any atom is 0.159 e. The molecular weight excluding hydrogens is 158 g/mol. The normalized spacial score (nSPS) is 49.2. The fourth-order valence-electron chi connectivity index (χ4n) is 1.52. The van der Waals surface area contributed by atoms with Gasteiger partial charge in [-0.25, -0.2) is 0 Å². The minimum atomic E-state index is -0.621. The van der Waals surface area contributed by atoms with Crippen LogP contribution in [0.1, 0.15) is 20.3 Å². The van der Waals surface area contributed by atoms with Gasteiger partial charge in [-0.3, -0.25) is 0 Å². The molecule has 4 nitrogen and oxygen atoms in total. The molecule has 1 fully saturated rings. The van der Waals surface area contributed by atoms with Crippen molar-refractivity contribution in [2.24, 2.45) is 5.73 Å². The summed E-state index contributed by atoms with van der Waals surface area (Å²) in [4.78, 5) is 0. The monoisotopic (exact) mass is 175 g/mol. The number of methoxy groups -OCH3 is 1. The topological polar surface area (TPSA) is 64.7 Å². The molecule has 3 N–H and O–H groups in total.